The van der Waals surface area contributed by atoms with Crippen LogP contribution >= 0.6 is 11.3 Å². The normalized spacial score (nSPS) is 12.3. The zero-order valence-electron chi connectivity index (χ0n) is 12.8. The first-order valence-corrected chi connectivity index (χ1v) is 7.85. The SMILES string of the molecule is Cc1nc(NCC(C)(C)O)c2c(CC(C)C)csc2n1. The zero-order valence-corrected chi connectivity index (χ0v) is 13.6. The van der Waals surface area contributed by atoms with Crippen LogP contribution in [0.3, 0.4) is 0 Å². The second-order valence-electron chi connectivity index (χ2n) is 6.32. The molecule has 0 amide bonds. The summed E-state index contributed by atoms with van der Waals surface area (Å²) in [5, 5.41) is 16.4. The Balaban J connectivity index is 2.42. The molecule has 0 aliphatic carbocycles. The van der Waals surface area contributed by atoms with Crippen molar-refractivity contribution < 1.29 is 5.11 Å². The van der Waals surface area contributed by atoms with Gasteiger partial charge in [-0.15, -0.1) is 11.3 Å². The molecule has 0 aromatic carbocycles. The Morgan fingerprint density at radius 3 is 2.65 bits per heavy atom. The maximum absolute atomic E-state index is 9.88. The molecule has 0 atom stereocenters. The van der Waals surface area contributed by atoms with E-state index >= 15 is 0 Å². The first kappa shape index (κ1) is 15.2. The van der Waals surface area contributed by atoms with Crippen molar-refractivity contribution in [2.45, 2.75) is 46.6 Å². The topological polar surface area (TPSA) is 58.0 Å². The van der Waals surface area contributed by atoms with Crippen LogP contribution in [0.15, 0.2) is 5.38 Å². The van der Waals surface area contributed by atoms with Gasteiger partial charge in [-0.05, 0) is 44.1 Å². The van der Waals surface area contributed by atoms with Crippen LogP contribution in [-0.2, 0) is 6.42 Å². The second-order valence-corrected chi connectivity index (χ2v) is 7.18. The van der Waals surface area contributed by atoms with Crippen LogP contribution < -0.4 is 5.32 Å². The maximum atomic E-state index is 9.88. The predicted molar refractivity (Wildman–Crippen MR) is 85.5 cm³/mol. The number of rotatable bonds is 5. The van der Waals surface area contributed by atoms with E-state index in [0.717, 1.165) is 28.3 Å². The molecule has 0 aliphatic rings. The van der Waals surface area contributed by atoms with Gasteiger partial charge in [-0.25, -0.2) is 9.97 Å². The van der Waals surface area contributed by atoms with E-state index in [2.05, 4.69) is 34.5 Å². The summed E-state index contributed by atoms with van der Waals surface area (Å²) in [4.78, 5) is 10.1. The molecule has 0 aliphatic heterocycles. The minimum Gasteiger partial charge on any atom is -0.389 e. The molecule has 110 valence electrons. The molecule has 0 bridgehead atoms. The molecule has 2 aromatic rings. The fourth-order valence-electron chi connectivity index (χ4n) is 2.13. The lowest BCUT2D eigenvalue weighted by molar-refractivity contribution is 0.0944. The minimum atomic E-state index is -0.764. The number of nitrogens with zero attached hydrogens (tertiary/aromatic N) is 2. The molecule has 4 nitrogen and oxygen atoms in total. The van der Waals surface area contributed by atoms with Gasteiger partial charge in [0.1, 0.15) is 16.5 Å². The Morgan fingerprint density at radius 1 is 1.35 bits per heavy atom. The Morgan fingerprint density at radius 2 is 2.05 bits per heavy atom. The van der Waals surface area contributed by atoms with Crippen LogP contribution in [0, 0.1) is 12.8 Å². The van der Waals surface area contributed by atoms with Crippen LogP contribution in [0.25, 0.3) is 10.2 Å². The van der Waals surface area contributed by atoms with Crippen molar-refractivity contribution in [1.29, 1.82) is 0 Å². The summed E-state index contributed by atoms with van der Waals surface area (Å²) in [6, 6.07) is 0. The monoisotopic (exact) mass is 293 g/mol. The molecule has 2 N–H and O–H groups in total. The van der Waals surface area contributed by atoms with E-state index in [9.17, 15) is 5.11 Å². The molecule has 20 heavy (non-hydrogen) atoms. The Bertz CT molecular complexity index is 599. The Hall–Kier alpha value is -1.20. The number of aromatic nitrogens is 2. The van der Waals surface area contributed by atoms with E-state index in [1.807, 2.05) is 6.92 Å². The van der Waals surface area contributed by atoms with Crippen LogP contribution in [-0.4, -0.2) is 27.2 Å². The number of hydrogen-bond donors (Lipinski definition) is 2. The van der Waals surface area contributed by atoms with Crippen LogP contribution in [0.5, 0.6) is 0 Å². The van der Waals surface area contributed by atoms with Gasteiger partial charge in [-0.2, -0.15) is 0 Å². The third-order valence-electron chi connectivity index (χ3n) is 2.94. The number of anilines is 1. The number of aliphatic hydroxyl groups is 1. The van der Waals surface area contributed by atoms with E-state index in [0.29, 0.717) is 12.5 Å². The van der Waals surface area contributed by atoms with Gasteiger partial charge in [0, 0.05) is 6.54 Å². The van der Waals surface area contributed by atoms with Gasteiger partial charge in [0.15, 0.2) is 0 Å². The van der Waals surface area contributed by atoms with Gasteiger partial charge in [0.05, 0.1) is 11.0 Å². The first-order valence-electron chi connectivity index (χ1n) is 6.97. The average molecular weight is 293 g/mol. The van der Waals surface area contributed by atoms with Gasteiger partial charge in [-0.3, -0.25) is 0 Å². The fraction of sp³-hybridized carbons (Fsp3) is 0.600. The van der Waals surface area contributed by atoms with Crippen LogP contribution in [0.1, 0.15) is 39.1 Å². The zero-order chi connectivity index (χ0) is 14.9. The molecule has 0 saturated heterocycles. The molecule has 0 unspecified atom stereocenters. The summed E-state index contributed by atoms with van der Waals surface area (Å²) in [5.74, 6) is 2.19. The highest BCUT2D eigenvalue weighted by molar-refractivity contribution is 7.17. The maximum Gasteiger partial charge on any atom is 0.138 e. The molecule has 2 heterocycles. The van der Waals surface area contributed by atoms with E-state index in [1.165, 1.54) is 5.56 Å². The summed E-state index contributed by atoms with van der Waals surface area (Å²) < 4.78 is 0. The quantitative estimate of drug-likeness (QED) is 0.887. The molecular weight excluding hydrogens is 270 g/mol. The average Bonchev–Trinajstić information content (AvgIpc) is 2.67. The smallest absolute Gasteiger partial charge is 0.138 e. The first-order chi connectivity index (χ1) is 9.26. The van der Waals surface area contributed by atoms with E-state index in [1.54, 1.807) is 25.2 Å². The van der Waals surface area contributed by atoms with Crippen molar-refractivity contribution in [3.05, 3.63) is 16.8 Å². The minimum absolute atomic E-state index is 0.468. The second kappa shape index (κ2) is 5.66. The van der Waals surface area contributed by atoms with Crippen molar-refractivity contribution in [3.8, 4) is 0 Å². The number of fused-ring (bicyclic) bond motifs is 1. The van der Waals surface area contributed by atoms with Crippen molar-refractivity contribution in [2.24, 2.45) is 5.92 Å². The molecule has 0 radical (unpaired) electrons. The van der Waals surface area contributed by atoms with E-state index in [-0.39, 0.29) is 0 Å². The molecule has 5 heteroatoms. The fourth-order valence-corrected chi connectivity index (χ4v) is 3.12. The van der Waals surface area contributed by atoms with Gasteiger partial charge in [0.25, 0.3) is 0 Å². The van der Waals surface area contributed by atoms with Crippen molar-refractivity contribution in [1.82, 2.24) is 9.97 Å². The van der Waals surface area contributed by atoms with Crippen molar-refractivity contribution in [3.63, 3.8) is 0 Å². The predicted octanol–water partition coefficient (Wildman–Crippen LogP) is 3.38. The summed E-state index contributed by atoms with van der Waals surface area (Å²) in [6.45, 7) is 10.4. The highest BCUT2D eigenvalue weighted by Crippen LogP contribution is 2.31. The van der Waals surface area contributed by atoms with Gasteiger partial charge < -0.3 is 10.4 Å². The Kier molecular flexibility index (Phi) is 4.30. The largest absolute Gasteiger partial charge is 0.389 e. The van der Waals surface area contributed by atoms with Crippen LogP contribution in [0.2, 0.25) is 0 Å². The highest BCUT2D eigenvalue weighted by Gasteiger charge is 2.17. The van der Waals surface area contributed by atoms with Crippen molar-refractivity contribution >= 4 is 27.4 Å². The van der Waals surface area contributed by atoms with Crippen LogP contribution in [0.4, 0.5) is 5.82 Å². The molecular formula is C15H23N3OS. The standard InChI is InChI=1S/C15H23N3OS/c1-9(2)6-11-7-20-14-12(11)13(17-10(3)18-14)16-8-15(4,5)19/h7,9,19H,6,8H2,1-5H3,(H,16,17,18). The van der Waals surface area contributed by atoms with Gasteiger partial charge in [0.2, 0.25) is 0 Å². The lowest BCUT2D eigenvalue weighted by Gasteiger charge is -2.19. The van der Waals surface area contributed by atoms with Gasteiger partial charge >= 0.3 is 0 Å². The molecule has 2 aromatic heterocycles. The molecule has 0 spiro atoms. The van der Waals surface area contributed by atoms with E-state index in [4.69, 9.17) is 0 Å². The summed E-state index contributed by atoms with van der Waals surface area (Å²) in [7, 11) is 0. The number of thiophene rings is 1. The summed E-state index contributed by atoms with van der Waals surface area (Å²) in [6.07, 6.45) is 1.02. The number of aryl methyl sites for hydroxylation is 1. The third kappa shape index (κ3) is 3.67. The molecule has 0 fully saturated rings. The van der Waals surface area contributed by atoms with E-state index < -0.39 is 5.60 Å². The number of nitrogens with one attached hydrogen (secondary N) is 1. The highest BCUT2D eigenvalue weighted by atomic mass is 32.1. The summed E-state index contributed by atoms with van der Waals surface area (Å²) >= 11 is 1.66. The lowest BCUT2D eigenvalue weighted by atomic mass is 10.0. The lowest BCUT2D eigenvalue weighted by Crippen LogP contribution is -2.29. The van der Waals surface area contributed by atoms with Gasteiger partial charge in [-0.1, -0.05) is 13.8 Å². The molecule has 0 saturated carbocycles. The third-order valence-corrected chi connectivity index (χ3v) is 3.86. The summed E-state index contributed by atoms with van der Waals surface area (Å²) in [5.41, 5.74) is 0.526. The molecule has 2 rings (SSSR count). The number of hydrogen-bond acceptors (Lipinski definition) is 5. The van der Waals surface area contributed by atoms with Crippen molar-refractivity contribution in [2.75, 3.05) is 11.9 Å². The Labute approximate surface area is 124 Å².